The minimum Gasteiger partial charge on any atom is -0.372 e. The molecule has 0 aliphatic heterocycles. The van der Waals surface area contributed by atoms with Crippen LogP contribution in [-0.2, 0) is 4.74 Å². The molecule has 0 rings (SSSR count). The number of nitrogens with zero attached hydrogens (tertiary/aromatic N) is 1. The number of ether oxygens (including phenoxy) is 1. The highest BCUT2D eigenvalue weighted by atomic mass is 19.3. The molecular formula is C13H20F7NO. The minimum absolute atomic E-state index is 0.0810. The number of hydrogen-bond acceptors (Lipinski definition) is 2. The molecule has 0 saturated carbocycles. The summed E-state index contributed by atoms with van der Waals surface area (Å²) < 4.78 is 96.0. The maximum atomic E-state index is 14.0. The number of halogens is 7. The second kappa shape index (κ2) is 7.63. The van der Waals surface area contributed by atoms with Gasteiger partial charge in [0.25, 0.3) is 0 Å². The van der Waals surface area contributed by atoms with Gasteiger partial charge < -0.3 is 9.64 Å². The molecule has 0 aliphatic carbocycles. The van der Waals surface area contributed by atoms with E-state index >= 15 is 0 Å². The fraction of sp³-hybridized carbons (Fsp3) is 0.846. The molecule has 22 heavy (non-hydrogen) atoms. The van der Waals surface area contributed by atoms with E-state index in [9.17, 15) is 30.7 Å². The van der Waals surface area contributed by atoms with E-state index in [-0.39, 0.29) is 6.42 Å². The fourth-order valence-corrected chi connectivity index (χ4v) is 1.87. The zero-order valence-corrected chi connectivity index (χ0v) is 12.8. The Kier molecular flexibility index (Phi) is 7.34. The van der Waals surface area contributed by atoms with E-state index in [4.69, 9.17) is 0 Å². The van der Waals surface area contributed by atoms with Gasteiger partial charge in [0.1, 0.15) is 5.60 Å². The van der Waals surface area contributed by atoms with Crippen LogP contribution in [0.3, 0.4) is 0 Å². The summed E-state index contributed by atoms with van der Waals surface area (Å²) in [5, 5.41) is 0. The lowest BCUT2D eigenvalue weighted by molar-refractivity contribution is -0.287. The van der Waals surface area contributed by atoms with E-state index in [0.29, 0.717) is 19.9 Å². The Labute approximate surface area is 124 Å². The van der Waals surface area contributed by atoms with Gasteiger partial charge in [-0.15, -0.1) is 0 Å². The summed E-state index contributed by atoms with van der Waals surface area (Å²) in [5.74, 6) is -14.2. The summed E-state index contributed by atoms with van der Waals surface area (Å²) in [5.41, 5.74) is -2.78. The van der Waals surface area contributed by atoms with Gasteiger partial charge in [0.2, 0.25) is 5.83 Å². The predicted octanol–water partition coefficient (Wildman–Crippen LogP) is 4.47. The Balaban J connectivity index is 5.28. The Morgan fingerprint density at radius 3 is 1.86 bits per heavy atom. The van der Waals surface area contributed by atoms with Crippen molar-refractivity contribution >= 4 is 0 Å². The van der Waals surface area contributed by atoms with Crippen molar-refractivity contribution < 1.29 is 35.5 Å². The molecule has 0 heterocycles. The van der Waals surface area contributed by atoms with Crippen molar-refractivity contribution in [2.45, 2.75) is 43.6 Å². The minimum atomic E-state index is -5.65. The fourth-order valence-electron chi connectivity index (χ4n) is 1.87. The lowest BCUT2D eigenvalue weighted by Gasteiger charge is -2.39. The molecular weight excluding hydrogens is 319 g/mol. The van der Waals surface area contributed by atoms with Gasteiger partial charge in [0.05, 0.1) is 0 Å². The van der Waals surface area contributed by atoms with Crippen molar-refractivity contribution in [2.75, 3.05) is 27.7 Å². The highest BCUT2D eigenvalue weighted by Crippen LogP contribution is 2.50. The van der Waals surface area contributed by atoms with Crippen LogP contribution >= 0.6 is 0 Å². The maximum Gasteiger partial charge on any atom is 0.369 e. The summed E-state index contributed by atoms with van der Waals surface area (Å²) in [6.07, 6.45) is -3.53. The Hall–Kier alpha value is -0.830. The van der Waals surface area contributed by atoms with Gasteiger partial charge in [-0.3, -0.25) is 0 Å². The third-order valence-corrected chi connectivity index (χ3v) is 3.46. The van der Waals surface area contributed by atoms with Gasteiger partial charge in [-0.1, -0.05) is 0 Å². The number of hydrogen-bond donors (Lipinski definition) is 0. The second-order valence-electron chi connectivity index (χ2n) is 5.42. The smallest absolute Gasteiger partial charge is 0.369 e. The molecule has 0 aromatic carbocycles. The highest BCUT2D eigenvalue weighted by molar-refractivity contribution is 5.15. The van der Waals surface area contributed by atoms with Gasteiger partial charge >= 0.3 is 17.9 Å². The lowest BCUT2D eigenvalue weighted by Crippen LogP contribution is -2.58. The largest absolute Gasteiger partial charge is 0.372 e. The highest BCUT2D eigenvalue weighted by Gasteiger charge is 2.70. The number of alkyl halides is 4. The van der Waals surface area contributed by atoms with Gasteiger partial charge in [-0.2, -0.15) is 30.7 Å². The molecule has 9 heteroatoms. The number of rotatable bonds is 9. The third-order valence-electron chi connectivity index (χ3n) is 3.46. The summed E-state index contributed by atoms with van der Waals surface area (Å²) in [6, 6.07) is 0. The lowest BCUT2D eigenvalue weighted by atomic mass is 9.86. The molecule has 0 aliphatic rings. The van der Waals surface area contributed by atoms with E-state index in [1.807, 2.05) is 0 Å². The molecule has 2 nitrogen and oxygen atoms in total. The van der Waals surface area contributed by atoms with Crippen LogP contribution in [0.25, 0.3) is 0 Å². The molecule has 0 radical (unpaired) electrons. The molecule has 0 saturated heterocycles. The predicted molar refractivity (Wildman–Crippen MR) is 68.1 cm³/mol. The zero-order valence-electron chi connectivity index (χ0n) is 12.8. The Morgan fingerprint density at radius 2 is 1.50 bits per heavy atom. The summed E-state index contributed by atoms with van der Waals surface area (Å²) >= 11 is 0. The summed E-state index contributed by atoms with van der Waals surface area (Å²) in [6.45, 7) is 1.18. The number of allylic oxidation sites excluding steroid dienone is 1. The van der Waals surface area contributed by atoms with E-state index in [0.717, 1.165) is 7.11 Å². The first-order valence-electron chi connectivity index (χ1n) is 6.50. The van der Waals surface area contributed by atoms with Crippen LogP contribution in [0.15, 0.2) is 11.9 Å². The van der Waals surface area contributed by atoms with E-state index < -0.39 is 35.8 Å². The number of unbranched alkanes of at least 4 members (excludes halogenated alkanes) is 1. The Bertz CT molecular complexity index is 394. The van der Waals surface area contributed by atoms with E-state index in [2.05, 4.69) is 4.74 Å². The molecule has 0 fully saturated rings. The number of methoxy groups -OCH3 is 1. The molecule has 0 aromatic heterocycles. The van der Waals surface area contributed by atoms with Crippen LogP contribution in [-0.4, -0.2) is 50.1 Å². The first kappa shape index (κ1) is 21.2. The van der Waals surface area contributed by atoms with Crippen molar-refractivity contribution in [2.24, 2.45) is 0 Å². The quantitative estimate of drug-likeness (QED) is 0.454. The average molecular weight is 339 g/mol. The molecule has 0 spiro atoms. The zero-order chi connectivity index (χ0) is 17.8. The van der Waals surface area contributed by atoms with Crippen LogP contribution in [0.2, 0.25) is 0 Å². The summed E-state index contributed by atoms with van der Waals surface area (Å²) in [7, 11) is 4.23. The second-order valence-corrected chi connectivity index (χ2v) is 5.42. The first-order chi connectivity index (χ1) is 9.83. The maximum absolute atomic E-state index is 14.0. The molecule has 132 valence electrons. The topological polar surface area (TPSA) is 12.5 Å². The van der Waals surface area contributed by atoms with E-state index in [1.54, 1.807) is 19.0 Å². The first-order valence-corrected chi connectivity index (χ1v) is 6.50. The molecule has 0 N–H and O–H groups in total. The third kappa shape index (κ3) is 4.34. The molecule has 0 bridgehead atoms. The van der Waals surface area contributed by atoms with Crippen LogP contribution in [0.4, 0.5) is 30.7 Å². The van der Waals surface area contributed by atoms with Crippen molar-refractivity contribution in [3.63, 3.8) is 0 Å². The van der Waals surface area contributed by atoms with Gasteiger partial charge in [-0.25, -0.2) is 0 Å². The van der Waals surface area contributed by atoms with Gasteiger partial charge in [0.15, 0.2) is 0 Å². The van der Waals surface area contributed by atoms with Crippen LogP contribution < -0.4 is 0 Å². The SMILES string of the molecule is COC(C)(CCCCN(C)C)C(F)(F)C(F)(F)C(F)=C(F)F. The van der Waals surface area contributed by atoms with Crippen molar-refractivity contribution in [3.8, 4) is 0 Å². The Morgan fingerprint density at radius 1 is 1.00 bits per heavy atom. The molecule has 1 unspecified atom stereocenters. The van der Waals surface area contributed by atoms with E-state index in [1.165, 1.54) is 0 Å². The van der Waals surface area contributed by atoms with Crippen LogP contribution in [0.5, 0.6) is 0 Å². The molecule has 0 amide bonds. The standard InChI is InChI=1S/C13H20F7NO/c1-11(22-4,7-5-6-8-21(2)3)13(19,20)12(17,18)9(14)10(15)16/h5-8H2,1-4H3. The van der Waals surface area contributed by atoms with Gasteiger partial charge in [0, 0.05) is 7.11 Å². The van der Waals surface area contributed by atoms with Crippen molar-refractivity contribution in [1.29, 1.82) is 0 Å². The molecule has 1 atom stereocenters. The normalized spacial score (nSPS) is 15.8. The van der Waals surface area contributed by atoms with Crippen LogP contribution in [0.1, 0.15) is 26.2 Å². The van der Waals surface area contributed by atoms with Crippen LogP contribution in [0, 0.1) is 0 Å². The monoisotopic (exact) mass is 339 g/mol. The average Bonchev–Trinajstić information content (AvgIpc) is 2.41. The van der Waals surface area contributed by atoms with Gasteiger partial charge in [-0.05, 0) is 46.8 Å². The van der Waals surface area contributed by atoms with Crippen molar-refractivity contribution in [3.05, 3.63) is 11.9 Å². The summed E-state index contributed by atoms with van der Waals surface area (Å²) in [4.78, 5) is 1.76. The van der Waals surface area contributed by atoms with Crippen molar-refractivity contribution in [1.82, 2.24) is 4.90 Å². The molecule has 0 aromatic rings.